The molecule has 0 spiro atoms. The molecule has 5 nitrogen and oxygen atoms in total. The molecule has 0 aliphatic carbocycles. The smallest absolute Gasteiger partial charge is 0.222 e. The van der Waals surface area contributed by atoms with Gasteiger partial charge in [0.15, 0.2) is 0 Å². The van der Waals surface area contributed by atoms with Crippen LogP contribution in [-0.2, 0) is 0 Å². The first-order chi connectivity index (χ1) is 11.3. The van der Waals surface area contributed by atoms with Gasteiger partial charge >= 0.3 is 0 Å². The third-order valence-corrected chi connectivity index (χ3v) is 3.42. The fourth-order valence-electron chi connectivity index (χ4n) is 2.16. The number of rotatable bonds is 7. The number of nitrogens with one attached hydrogen (secondary N) is 2. The average molecular weight is 308 g/mol. The number of aromatic amines is 1. The molecule has 23 heavy (non-hydrogen) atoms. The quantitative estimate of drug-likeness (QED) is 0.391. The predicted octanol–water partition coefficient (Wildman–Crippen LogP) is 4.19. The lowest BCUT2D eigenvalue weighted by Gasteiger charge is -2.04. The second-order valence-corrected chi connectivity index (χ2v) is 5.24. The zero-order valence-corrected chi connectivity index (χ0v) is 13.1. The highest BCUT2D eigenvalue weighted by Crippen LogP contribution is 2.14. The number of hydrogen-bond acceptors (Lipinski definition) is 4. The van der Waals surface area contributed by atoms with Crippen molar-refractivity contribution in [1.29, 1.82) is 0 Å². The number of nitrogens with zero attached hydrogens (tertiary/aromatic N) is 2. The summed E-state index contributed by atoms with van der Waals surface area (Å²) in [5.41, 5.74) is 5.81. The van der Waals surface area contributed by atoms with Gasteiger partial charge in [0.05, 0.1) is 23.9 Å². The Labute approximate surface area is 135 Å². The summed E-state index contributed by atoms with van der Waals surface area (Å²) in [6.07, 6.45) is 3.96. The Bertz CT molecular complexity index is 744. The summed E-state index contributed by atoms with van der Waals surface area (Å²) in [5.74, 6) is 1.52. The van der Waals surface area contributed by atoms with Crippen molar-refractivity contribution < 1.29 is 4.74 Å². The predicted molar refractivity (Wildman–Crippen MR) is 94.2 cm³/mol. The molecule has 0 amide bonds. The molecule has 0 aliphatic rings. The molecule has 2 aromatic carbocycles. The van der Waals surface area contributed by atoms with Gasteiger partial charge in [-0.15, -0.1) is 0 Å². The van der Waals surface area contributed by atoms with Gasteiger partial charge in [-0.2, -0.15) is 5.10 Å². The minimum Gasteiger partial charge on any atom is -0.494 e. The fourth-order valence-corrected chi connectivity index (χ4v) is 2.16. The number of imidazole rings is 1. The Hall–Kier alpha value is -2.82. The molecule has 1 heterocycles. The number of H-pyrrole nitrogens is 1. The first kappa shape index (κ1) is 15.1. The highest BCUT2D eigenvalue weighted by atomic mass is 16.5. The van der Waals surface area contributed by atoms with E-state index in [1.165, 1.54) is 0 Å². The van der Waals surface area contributed by atoms with Gasteiger partial charge in [0.25, 0.3) is 0 Å². The molecule has 3 aromatic rings. The Balaban J connectivity index is 1.57. The molecule has 0 saturated heterocycles. The molecule has 0 unspecified atom stereocenters. The first-order valence-corrected chi connectivity index (χ1v) is 7.82. The van der Waals surface area contributed by atoms with E-state index in [-0.39, 0.29) is 0 Å². The number of fused-ring (bicyclic) bond motifs is 1. The number of hydrazone groups is 1. The lowest BCUT2D eigenvalue weighted by molar-refractivity contribution is 0.309. The lowest BCUT2D eigenvalue weighted by atomic mass is 10.2. The highest BCUT2D eigenvalue weighted by molar-refractivity contribution is 5.81. The van der Waals surface area contributed by atoms with Crippen LogP contribution >= 0.6 is 0 Å². The normalized spacial score (nSPS) is 11.2. The van der Waals surface area contributed by atoms with Crippen molar-refractivity contribution in [2.75, 3.05) is 12.0 Å². The van der Waals surface area contributed by atoms with Crippen LogP contribution < -0.4 is 10.2 Å². The molecule has 5 heteroatoms. The molecule has 0 fully saturated rings. The van der Waals surface area contributed by atoms with E-state index < -0.39 is 0 Å². The average Bonchev–Trinajstić information content (AvgIpc) is 2.99. The molecule has 118 valence electrons. The number of aromatic nitrogens is 2. The van der Waals surface area contributed by atoms with Crippen LogP contribution in [0.2, 0.25) is 0 Å². The summed E-state index contributed by atoms with van der Waals surface area (Å²) in [4.78, 5) is 7.56. The van der Waals surface area contributed by atoms with Crippen LogP contribution in [0.4, 0.5) is 5.95 Å². The van der Waals surface area contributed by atoms with Crippen LogP contribution in [0.3, 0.4) is 0 Å². The van der Waals surface area contributed by atoms with Gasteiger partial charge in [-0.3, -0.25) is 0 Å². The maximum Gasteiger partial charge on any atom is 0.222 e. The highest BCUT2D eigenvalue weighted by Gasteiger charge is 1.99. The molecular weight excluding hydrogens is 288 g/mol. The van der Waals surface area contributed by atoms with Crippen molar-refractivity contribution in [3.63, 3.8) is 0 Å². The zero-order chi connectivity index (χ0) is 15.9. The molecule has 0 radical (unpaired) electrons. The minimum absolute atomic E-state index is 0.627. The summed E-state index contributed by atoms with van der Waals surface area (Å²) in [5, 5.41) is 4.20. The lowest BCUT2D eigenvalue weighted by Crippen LogP contribution is -1.96. The zero-order valence-electron chi connectivity index (χ0n) is 13.1. The Kier molecular flexibility index (Phi) is 4.88. The van der Waals surface area contributed by atoms with Crippen molar-refractivity contribution >= 4 is 23.2 Å². The summed E-state index contributed by atoms with van der Waals surface area (Å²) < 4.78 is 5.63. The molecule has 0 bridgehead atoms. The van der Waals surface area contributed by atoms with Crippen molar-refractivity contribution in [2.24, 2.45) is 5.10 Å². The molecular formula is C18H20N4O. The Morgan fingerprint density at radius 3 is 2.78 bits per heavy atom. The van der Waals surface area contributed by atoms with E-state index in [9.17, 15) is 0 Å². The van der Waals surface area contributed by atoms with Crippen molar-refractivity contribution in [3.8, 4) is 5.75 Å². The first-order valence-electron chi connectivity index (χ1n) is 7.82. The van der Waals surface area contributed by atoms with Gasteiger partial charge in [0, 0.05) is 0 Å². The van der Waals surface area contributed by atoms with E-state index in [1.54, 1.807) is 6.21 Å². The van der Waals surface area contributed by atoms with Gasteiger partial charge in [-0.1, -0.05) is 25.5 Å². The summed E-state index contributed by atoms with van der Waals surface area (Å²) >= 11 is 0. The largest absolute Gasteiger partial charge is 0.494 e. The van der Waals surface area contributed by atoms with Crippen molar-refractivity contribution in [3.05, 3.63) is 54.1 Å². The summed E-state index contributed by atoms with van der Waals surface area (Å²) in [6.45, 7) is 2.91. The van der Waals surface area contributed by atoms with E-state index >= 15 is 0 Å². The maximum absolute atomic E-state index is 5.63. The van der Waals surface area contributed by atoms with Gasteiger partial charge in [-0.05, 0) is 48.4 Å². The van der Waals surface area contributed by atoms with Crippen LogP contribution in [0.15, 0.2) is 53.6 Å². The second kappa shape index (κ2) is 7.45. The summed E-state index contributed by atoms with van der Waals surface area (Å²) in [6, 6.07) is 15.7. The van der Waals surface area contributed by atoms with Gasteiger partial charge in [-0.25, -0.2) is 10.4 Å². The van der Waals surface area contributed by atoms with E-state index in [2.05, 4.69) is 27.4 Å². The molecule has 0 saturated carbocycles. The molecule has 0 atom stereocenters. The van der Waals surface area contributed by atoms with Crippen molar-refractivity contribution in [2.45, 2.75) is 19.8 Å². The van der Waals surface area contributed by atoms with E-state index in [4.69, 9.17) is 4.74 Å². The van der Waals surface area contributed by atoms with Crippen LogP contribution in [0.1, 0.15) is 25.3 Å². The number of unbranched alkanes of at least 4 members (excludes halogenated alkanes) is 1. The number of ether oxygens (including phenoxy) is 1. The van der Waals surface area contributed by atoms with E-state index in [0.29, 0.717) is 5.95 Å². The van der Waals surface area contributed by atoms with Crippen LogP contribution in [-0.4, -0.2) is 22.8 Å². The fraction of sp³-hybridized carbons (Fsp3) is 0.222. The Morgan fingerprint density at radius 2 is 2.00 bits per heavy atom. The van der Waals surface area contributed by atoms with Gasteiger partial charge < -0.3 is 9.72 Å². The molecule has 0 aliphatic heterocycles. The van der Waals surface area contributed by atoms with Crippen LogP contribution in [0.25, 0.3) is 11.0 Å². The Morgan fingerprint density at radius 1 is 1.17 bits per heavy atom. The number of hydrogen-bond donors (Lipinski definition) is 2. The number of anilines is 1. The van der Waals surface area contributed by atoms with Crippen LogP contribution in [0.5, 0.6) is 5.75 Å². The SMILES string of the molecule is CCCCOc1ccc(C=NNc2nc3ccccc3[nH]2)cc1. The standard InChI is InChI=1S/C18H20N4O/c1-2-3-12-23-15-10-8-14(9-11-15)13-19-22-18-20-16-6-4-5-7-17(16)21-18/h4-11,13H,2-3,12H2,1H3,(H2,20,21,22). The molecule has 3 rings (SSSR count). The van der Waals surface area contributed by atoms with Crippen LogP contribution in [0, 0.1) is 0 Å². The molecule has 2 N–H and O–H groups in total. The third kappa shape index (κ3) is 4.10. The van der Waals surface area contributed by atoms with Crippen molar-refractivity contribution in [1.82, 2.24) is 9.97 Å². The third-order valence-electron chi connectivity index (χ3n) is 3.42. The van der Waals surface area contributed by atoms with E-state index in [1.807, 2.05) is 48.5 Å². The second-order valence-electron chi connectivity index (χ2n) is 5.24. The number of para-hydroxylation sites is 2. The minimum atomic E-state index is 0.627. The molecule has 1 aromatic heterocycles. The topological polar surface area (TPSA) is 62.3 Å². The van der Waals surface area contributed by atoms with Gasteiger partial charge in [0.2, 0.25) is 5.95 Å². The maximum atomic E-state index is 5.63. The summed E-state index contributed by atoms with van der Waals surface area (Å²) in [7, 11) is 0. The number of benzene rings is 2. The monoisotopic (exact) mass is 308 g/mol. The van der Waals surface area contributed by atoms with Gasteiger partial charge in [0.1, 0.15) is 5.75 Å². The van der Waals surface area contributed by atoms with E-state index in [0.717, 1.165) is 41.8 Å².